The molecule has 0 unspecified atom stereocenters. The molecule has 2 atom stereocenters. The zero-order valence-corrected chi connectivity index (χ0v) is 15.6. The first kappa shape index (κ1) is 18.2. The number of carbonyl (C=O) groups is 1. The van der Waals surface area contributed by atoms with Crippen molar-refractivity contribution in [3.05, 3.63) is 53.3 Å². The Balaban J connectivity index is 0.00000182. The molecule has 0 bridgehead atoms. The molecule has 1 spiro atoms. The van der Waals surface area contributed by atoms with Crippen LogP contribution in [0.5, 0.6) is 0 Å². The minimum atomic E-state index is -0.378. The van der Waals surface area contributed by atoms with Crippen LogP contribution in [0.4, 0.5) is 0 Å². The Bertz CT molecular complexity index is 780. The summed E-state index contributed by atoms with van der Waals surface area (Å²) < 4.78 is 0. The lowest BCUT2D eigenvalue weighted by molar-refractivity contribution is -0.131. The molecule has 0 saturated carbocycles. The number of nitrogens with one attached hydrogen (secondary N) is 1. The summed E-state index contributed by atoms with van der Waals surface area (Å²) in [5, 5.41) is 4.31. The van der Waals surface area contributed by atoms with Gasteiger partial charge in [-0.2, -0.15) is 0 Å². The van der Waals surface area contributed by atoms with Gasteiger partial charge in [-0.25, -0.2) is 0 Å². The summed E-state index contributed by atoms with van der Waals surface area (Å²) in [4.78, 5) is 18.8. The van der Waals surface area contributed by atoms with Crippen LogP contribution < -0.4 is 5.32 Å². The van der Waals surface area contributed by atoms with E-state index in [-0.39, 0.29) is 29.9 Å². The summed E-state index contributed by atoms with van der Waals surface area (Å²) in [6, 6.07) is 12.1. The predicted molar refractivity (Wildman–Crippen MR) is 102 cm³/mol. The number of benzene rings is 1. The molecule has 1 aromatic heterocycles. The average molecular weight is 378 g/mol. The van der Waals surface area contributed by atoms with Gasteiger partial charge in [-0.1, -0.05) is 23.7 Å². The molecule has 2 fully saturated rings. The first-order chi connectivity index (χ1) is 11.6. The van der Waals surface area contributed by atoms with Crippen LogP contribution in [0.2, 0.25) is 5.02 Å². The molecule has 4 rings (SSSR count). The number of rotatable bonds is 2. The molecule has 2 aliphatic rings. The van der Waals surface area contributed by atoms with Gasteiger partial charge >= 0.3 is 0 Å². The molecule has 0 radical (unpaired) electrons. The molecular weight excluding hydrogens is 357 g/mol. The lowest BCUT2D eigenvalue weighted by Crippen LogP contribution is -2.47. The zero-order chi connectivity index (χ0) is 16.7. The standard InChI is InChI=1S/C19H20ClN3O.ClH/c1-23-11-9-19(18(23)24)8-6-16(22-19)17-12-14(7-10-21-17)13-2-4-15(20)5-3-13;/h2-5,7,10,12,16,22H,6,8-9,11H2,1H3;1H/t16-,19+;/m1./s1. The summed E-state index contributed by atoms with van der Waals surface area (Å²) in [5.41, 5.74) is 2.86. The Morgan fingerprint density at radius 2 is 1.96 bits per heavy atom. The van der Waals surface area contributed by atoms with E-state index in [4.69, 9.17) is 11.6 Å². The Morgan fingerprint density at radius 3 is 2.64 bits per heavy atom. The van der Waals surface area contributed by atoms with E-state index in [0.29, 0.717) is 0 Å². The fourth-order valence-corrected chi connectivity index (χ4v) is 3.98. The van der Waals surface area contributed by atoms with Crippen molar-refractivity contribution in [3.8, 4) is 11.1 Å². The molecule has 0 aliphatic carbocycles. The van der Waals surface area contributed by atoms with Gasteiger partial charge in [0, 0.05) is 24.8 Å². The predicted octanol–water partition coefficient (Wildman–Crippen LogP) is 3.85. The first-order valence-corrected chi connectivity index (χ1v) is 8.70. The molecule has 2 aromatic rings. The number of nitrogens with zero attached hydrogens (tertiary/aromatic N) is 2. The highest BCUT2D eigenvalue weighted by atomic mass is 35.5. The number of aromatic nitrogens is 1. The maximum Gasteiger partial charge on any atom is 0.242 e. The monoisotopic (exact) mass is 377 g/mol. The van der Waals surface area contributed by atoms with Gasteiger partial charge in [0.25, 0.3) is 0 Å². The molecule has 3 heterocycles. The van der Waals surface area contributed by atoms with Crippen LogP contribution >= 0.6 is 24.0 Å². The van der Waals surface area contributed by atoms with Gasteiger partial charge in [0.15, 0.2) is 0 Å². The van der Waals surface area contributed by atoms with Gasteiger partial charge in [0.1, 0.15) is 5.54 Å². The van der Waals surface area contributed by atoms with E-state index in [0.717, 1.165) is 47.7 Å². The fraction of sp³-hybridized carbons (Fsp3) is 0.368. The van der Waals surface area contributed by atoms with Gasteiger partial charge < -0.3 is 4.90 Å². The van der Waals surface area contributed by atoms with Gasteiger partial charge in [-0.05, 0) is 54.7 Å². The highest BCUT2D eigenvalue weighted by Gasteiger charge is 2.50. The maximum atomic E-state index is 12.5. The normalized spacial score (nSPS) is 25.4. The van der Waals surface area contributed by atoms with Crippen molar-refractivity contribution >= 4 is 29.9 Å². The summed E-state index contributed by atoms with van der Waals surface area (Å²) in [7, 11) is 1.88. The Labute approximate surface area is 159 Å². The quantitative estimate of drug-likeness (QED) is 0.864. The Kier molecular flexibility index (Phi) is 5.05. The van der Waals surface area contributed by atoms with Crippen LogP contribution in [0.25, 0.3) is 11.1 Å². The summed E-state index contributed by atoms with van der Waals surface area (Å²) in [6.45, 7) is 0.830. The second kappa shape index (κ2) is 6.94. The van der Waals surface area contributed by atoms with Crippen LogP contribution in [-0.2, 0) is 4.79 Å². The number of hydrogen-bond acceptors (Lipinski definition) is 3. The average Bonchev–Trinajstić information content (AvgIpc) is 3.16. The van der Waals surface area contributed by atoms with Crippen molar-refractivity contribution in [2.45, 2.75) is 30.8 Å². The summed E-state index contributed by atoms with van der Waals surface area (Å²) in [6.07, 6.45) is 4.55. The number of likely N-dealkylation sites (N-methyl/N-ethyl adjacent to an activating group) is 1. The minimum absolute atomic E-state index is 0. The fourth-order valence-electron chi connectivity index (χ4n) is 3.85. The highest BCUT2D eigenvalue weighted by Crippen LogP contribution is 2.39. The molecule has 2 aliphatic heterocycles. The second-order valence-electron chi connectivity index (χ2n) is 6.77. The van der Waals surface area contributed by atoms with Crippen LogP contribution in [0.1, 0.15) is 31.0 Å². The number of carbonyl (C=O) groups excluding carboxylic acids is 1. The van der Waals surface area contributed by atoms with E-state index < -0.39 is 0 Å². The molecule has 1 N–H and O–H groups in total. The lowest BCUT2D eigenvalue weighted by atomic mass is 9.96. The smallest absolute Gasteiger partial charge is 0.242 e. The third kappa shape index (κ3) is 3.26. The van der Waals surface area contributed by atoms with Crippen molar-refractivity contribution in [2.24, 2.45) is 0 Å². The number of halogens is 2. The van der Waals surface area contributed by atoms with E-state index in [1.807, 2.05) is 48.5 Å². The van der Waals surface area contributed by atoms with Gasteiger partial charge in [-0.15, -0.1) is 12.4 Å². The molecule has 2 saturated heterocycles. The SMILES string of the molecule is CN1CC[C@@]2(CC[C@H](c3cc(-c4ccc(Cl)cc4)ccn3)N2)C1=O.Cl. The number of amides is 1. The molecule has 132 valence electrons. The highest BCUT2D eigenvalue weighted by molar-refractivity contribution is 6.30. The molecule has 6 heteroatoms. The molecular formula is C19H21Cl2N3O. The van der Waals surface area contributed by atoms with Crippen molar-refractivity contribution in [3.63, 3.8) is 0 Å². The number of likely N-dealkylation sites (tertiary alicyclic amines) is 1. The third-order valence-corrected chi connectivity index (χ3v) is 5.51. The topological polar surface area (TPSA) is 45.2 Å². The van der Waals surface area contributed by atoms with Crippen LogP contribution in [0.15, 0.2) is 42.6 Å². The van der Waals surface area contributed by atoms with Crippen LogP contribution in [0, 0.1) is 0 Å². The van der Waals surface area contributed by atoms with Gasteiger partial charge in [-0.3, -0.25) is 15.1 Å². The maximum absolute atomic E-state index is 12.5. The van der Waals surface area contributed by atoms with Crippen molar-refractivity contribution < 1.29 is 4.79 Å². The van der Waals surface area contributed by atoms with Crippen LogP contribution in [-0.4, -0.2) is 34.9 Å². The summed E-state index contributed by atoms with van der Waals surface area (Å²) >= 11 is 5.97. The van der Waals surface area contributed by atoms with Crippen molar-refractivity contribution in [1.29, 1.82) is 0 Å². The third-order valence-electron chi connectivity index (χ3n) is 5.26. The lowest BCUT2D eigenvalue weighted by Gasteiger charge is -2.23. The molecule has 1 amide bonds. The van der Waals surface area contributed by atoms with Crippen molar-refractivity contribution in [2.75, 3.05) is 13.6 Å². The largest absolute Gasteiger partial charge is 0.344 e. The number of pyridine rings is 1. The van der Waals surface area contributed by atoms with Crippen molar-refractivity contribution in [1.82, 2.24) is 15.2 Å². The van der Waals surface area contributed by atoms with E-state index >= 15 is 0 Å². The van der Waals surface area contributed by atoms with Gasteiger partial charge in [0.05, 0.1) is 11.7 Å². The zero-order valence-electron chi connectivity index (χ0n) is 14.0. The molecule has 4 nitrogen and oxygen atoms in total. The first-order valence-electron chi connectivity index (χ1n) is 8.33. The van der Waals surface area contributed by atoms with Crippen LogP contribution in [0.3, 0.4) is 0 Å². The molecule has 1 aromatic carbocycles. The second-order valence-corrected chi connectivity index (χ2v) is 7.21. The van der Waals surface area contributed by atoms with E-state index in [1.54, 1.807) is 0 Å². The van der Waals surface area contributed by atoms with Gasteiger partial charge in [0.2, 0.25) is 5.91 Å². The van der Waals surface area contributed by atoms with E-state index in [9.17, 15) is 4.79 Å². The molecule has 25 heavy (non-hydrogen) atoms. The number of hydrogen-bond donors (Lipinski definition) is 1. The Hall–Kier alpha value is -1.62. The minimum Gasteiger partial charge on any atom is -0.344 e. The Morgan fingerprint density at radius 1 is 1.20 bits per heavy atom. The van der Waals surface area contributed by atoms with E-state index in [1.165, 1.54) is 0 Å². The summed E-state index contributed by atoms with van der Waals surface area (Å²) in [5.74, 6) is 0.221. The van der Waals surface area contributed by atoms with E-state index in [2.05, 4.69) is 16.4 Å².